The SMILES string of the molecule is C=CCn1c(S[C@@H]2CCCCC2=O)nc2scc(-c3cccs3)c2c1=O. The third-order valence-electron chi connectivity index (χ3n) is 4.50. The highest BCUT2D eigenvalue weighted by molar-refractivity contribution is 8.00. The standard InChI is InChI=1S/C19H18N2O2S3/c1-2-9-21-18(23)16-12(14-8-5-10-24-14)11-25-17(16)20-19(21)26-15-7-4-3-6-13(15)22/h2,5,8,10-11,15H,1,3-4,6-7,9H2/t15-/m1/s1. The Morgan fingerprint density at radius 3 is 2.96 bits per heavy atom. The molecule has 1 aliphatic carbocycles. The van der Waals surface area contributed by atoms with Gasteiger partial charge in [-0.2, -0.15) is 0 Å². The van der Waals surface area contributed by atoms with Gasteiger partial charge in [0, 0.05) is 28.8 Å². The molecule has 26 heavy (non-hydrogen) atoms. The molecule has 3 heterocycles. The first kappa shape index (κ1) is 17.7. The minimum Gasteiger partial charge on any atom is -0.298 e. The number of carbonyl (C=O) groups excluding carboxylic acids is 1. The maximum atomic E-state index is 13.2. The van der Waals surface area contributed by atoms with E-state index < -0.39 is 0 Å². The van der Waals surface area contributed by atoms with Gasteiger partial charge in [0.2, 0.25) is 0 Å². The van der Waals surface area contributed by atoms with E-state index >= 15 is 0 Å². The molecule has 1 saturated carbocycles. The highest BCUT2D eigenvalue weighted by Crippen LogP contribution is 2.36. The molecule has 3 aromatic rings. The smallest absolute Gasteiger partial charge is 0.263 e. The number of ketones is 1. The molecule has 134 valence electrons. The average molecular weight is 403 g/mol. The Labute approximate surface area is 163 Å². The first-order valence-electron chi connectivity index (χ1n) is 8.55. The Hall–Kier alpha value is -1.70. The van der Waals surface area contributed by atoms with Gasteiger partial charge >= 0.3 is 0 Å². The van der Waals surface area contributed by atoms with E-state index in [9.17, 15) is 9.59 Å². The van der Waals surface area contributed by atoms with E-state index in [0.717, 1.165) is 34.5 Å². The van der Waals surface area contributed by atoms with Crippen molar-refractivity contribution in [2.45, 2.75) is 42.6 Å². The van der Waals surface area contributed by atoms with Crippen LogP contribution in [-0.4, -0.2) is 20.6 Å². The van der Waals surface area contributed by atoms with Crippen molar-refractivity contribution in [2.75, 3.05) is 0 Å². The van der Waals surface area contributed by atoms with Crippen LogP contribution in [0.15, 0.2) is 45.5 Å². The summed E-state index contributed by atoms with van der Waals surface area (Å²) < 4.78 is 1.66. The van der Waals surface area contributed by atoms with Crippen LogP contribution in [0, 0.1) is 0 Å². The molecule has 0 radical (unpaired) electrons. The number of carbonyl (C=O) groups is 1. The Balaban J connectivity index is 1.83. The Bertz CT molecular complexity index is 1020. The van der Waals surface area contributed by atoms with Crippen molar-refractivity contribution < 1.29 is 4.79 Å². The van der Waals surface area contributed by atoms with Gasteiger partial charge < -0.3 is 0 Å². The van der Waals surface area contributed by atoms with Gasteiger partial charge in [-0.05, 0) is 24.3 Å². The van der Waals surface area contributed by atoms with Crippen molar-refractivity contribution in [3.63, 3.8) is 0 Å². The minimum atomic E-state index is -0.0964. The van der Waals surface area contributed by atoms with E-state index in [4.69, 9.17) is 4.98 Å². The molecule has 3 aromatic heterocycles. The van der Waals surface area contributed by atoms with Crippen molar-refractivity contribution in [1.29, 1.82) is 0 Å². The molecular formula is C19H18N2O2S3. The number of aromatic nitrogens is 2. The quantitative estimate of drug-likeness (QED) is 0.446. The van der Waals surface area contributed by atoms with E-state index in [1.807, 2.05) is 22.9 Å². The Morgan fingerprint density at radius 1 is 1.35 bits per heavy atom. The largest absolute Gasteiger partial charge is 0.298 e. The van der Waals surface area contributed by atoms with Gasteiger partial charge in [0.15, 0.2) is 5.16 Å². The predicted molar refractivity (Wildman–Crippen MR) is 111 cm³/mol. The van der Waals surface area contributed by atoms with Gasteiger partial charge in [-0.3, -0.25) is 14.2 Å². The highest BCUT2D eigenvalue weighted by atomic mass is 32.2. The van der Waals surface area contributed by atoms with Crippen molar-refractivity contribution >= 4 is 50.4 Å². The lowest BCUT2D eigenvalue weighted by Crippen LogP contribution is -2.26. The second-order valence-electron chi connectivity index (χ2n) is 6.22. The molecule has 0 aliphatic heterocycles. The fourth-order valence-electron chi connectivity index (χ4n) is 3.20. The predicted octanol–water partition coefficient (Wildman–Crippen LogP) is 4.98. The lowest BCUT2D eigenvalue weighted by atomic mass is 9.99. The zero-order chi connectivity index (χ0) is 18.1. The van der Waals surface area contributed by atoms with Crippen molar-refractivity contribution in [2.24, 2.45) is 0 Å². The number of hydrogen-bond acceptors (Lipinski definition) is 6. The summed E-state index contributed by atoms with van der Waals surface area (Å²) in [4.78, 5) is 32.0. The zero-order valence-electron chi connectivity index (χ0n) is 14.1. The Kier molecular flexibility index (Phi) is 5.11. The number of fused-ring (bicyclic) bond motifs is 1. The van der Waals surface area contributed by atoms with Crippen LogP contribution in [-0.2, 0) is 11.3 Å². The molecule has 4 nitrogen and oxygen atoms in total. The molecule has 0 unspecified atom stereocenters. The summed E-state index contributed by atoms with van der Waals surface area (Å²) in [5, 5.41) is 5.21. The molecule has 0 spiro atoms. The normalized spacial score (nSPS) is 17.7. The van der Waals surface area contributed by atoms with Crippen molar-refractivity contribution in [3.8, 4) is 10.4 Å². The zero-order valence-corrected chi connectivity index (χ0v) is 16.6. The van der Waals surface area contributed by atoms with E-state index in [-0.39, 0.29) is 16.6 Å². The number of hydrogen-bond donors (Lipinski definition) is 0. The van der Waals surface area contributed by atoms with Crippen LogP contribution in [0.3, 0.4) is 0 Å². The van der Waals surface area contributed by atoms with Crippen molar-refractivity contribution in [3.05, 3.63) is 45.9 Å². The van der Waals surface area contributed by atoms with Gasteiger partial charge in [-0.25, -0.2) is 4.98 Å². The molecular weight excluding hydrogens is 384 g/mol. The van der Waals surface area contributed by atoms with Crippen LogP contribution in [0.1, 0.15) is 25.7 Å². The van der Waals surface area contributed by atoms with Gasteiger partial charge in [-0.1, -0.05) is 30.3 Å². The summed E-state index contributed by atoms with van der Waals surface area (Å²) >= 11 is 4.54. The summed E-state index contributed by atoms with van der Waals surface area (Å²) in [5.41, 5.74) is 0.894. The fourth-order valence-corrected chi connectivity index (χ4v) is 6.23. The molecule has 0 bridgehead atoms. The van der Waals surface area contributed by atoms with Gasteiger partial charge in [-0.15, -0.1) is 29.3 Å². The topological polar surface area (TPSA) is 52.0 Å². The Morgan fingerprint density at radius 2 is 2.23 bits per heavy atom. The molecule has 0 saturated heterocycles. The molecule has 7 heteroatoms. The number of thiophene rings is 2. The summed E-state index contributed by atoms with van der Waals surface area (Å²) in [6, 6.07) is 4.00. The molecule has 1 fully saturated rings. The van der Waals surface area contributed by atoms with Crippen LogP contribution in [0.5, 0.6) is 0 Å². The lowest BCUT2D eigenvalue weighted by Gasteiger charge is -2.20. The van der Waals surface area contributed by atoms with E-state index in [1.165, 1.54) is 23.1 Å². The van der Waals surface area contributed by atoms with Gasteiger partial charge in [0.1, 0.15) is 10.6 Å². The van der Waals surface area contributed by atoms with Crippen LogP contribution < -0.4 is 5.56 Å². The maximum absolute atomic E-state index is 13.2. The summed E-state index contributed by atoms with van der Waals surface area (Å²) in [6.07, 6.45) is 5.22. The summed E-state index contributed by atoms with van der Waals surface area (Å²) in [5.74, 6) is 0.270. The number of Topliss-reactive ketones (excluding diaryl/α,β-unsaturated/α-hetero) is 1. The monoisotopic (exact) mass is 402 g/mol. The van der Waals surface area contributed by atoms with Crippen molar-refractivity contribution in [1.82, 2.24) is 9.55 Å². The third kappa shape index (κ3) is 3.19. The molecule has 1 atom stereocenters. The fraction of sp³-hybridized carbons (Fsp3) is 0.316. The lowest BCUT2D eigenvalue weighted by molar-refractivity contribution is -0.119. The van der Waals surface area contributed by atoms with Crippen LogP contribution in [0.4, 0.5) is 0 Å². The second-order valence-corrected chi connectivity index (χ2v) is 9.20. The van der Waals surface area contributed by atoms with E-state index in [0.29, 0.717) is 23.5 Å². The summed E-state index contributed by atoms with van der Waals surface area (Å²) in [6.45, 7) is 4.17. The molecule has 4 rings (SSSR count). The molecule has 0 N–H and O–H groups in total. The molecule has 1 aliphatic rings. The molecule has 0 aromatic carbocycles. The molecule has 0 amide bonds. The summed E-state index contributed by atoms with van der Waals surface area (Å²) in [7, 11) is 0. The van der Waals surface area contributed by atoms with Gasteiger partial charge in [0.05, 0.1) is 10.6 Å². The van der Waals surface area contributed by atoms with Crippen LogP contribution in [0.25, 0.3) is 20.7 Å². The maximum Gasteiger partial charge on any atom is 0.263 e. The average Bonchev–Trinajstić information content (AvgIpc) is 3.29. The third-order valence-corrected chi connectivity index (χ3v) is 7.58. The second kappa shape index (κ2) is 7.50. The first-order chi connectivity index (χ1) is 12.7. The van der Waals surface area contributed by atoms with Gasteiger partial charge in [0.25, 0.3) is 5.56 Å². The number of allylic oxidation sites excluding steroid dienone is 1. The number of nitrogens with zero attached hydrogens (tertiary/aromatic N) is 2. The van der Waals surface area contributed by atoms with E-state index in [1.54, 1.807) is 22.0 Å². The highest BCUT2D eigenvalue weighted by Gasteiger charge is 2.26. The van der Waals surface area contributed by atoms with Crippen LogP contribution in [0.2, 0.25) is 0 Å². The first-order valence-corrected chi connectivity index (χ1v) is 11.2. The van der Waals surface area contributed by atoms with Crippen LogP contribution >= 0.6 is 34.4 Å². The minimum absolute atomic E-state index is 0.0506. The number of thioether (sulfide) groups is 1. The number of rotatable bonds is 5. The van der Waals surface area contributed by atoms with E-state index in [2.05, 4.69) is 6.58 Å².